The first-order valence-electron chi connectivity index (χ1n) is 5.95. The summed E-state index contributed by atoms with van der Waals surface area (Å²) >= 11 is 6.11. The van der Waals surface area contributed by atoms with Crippen molar-refractivity contribution < 1.29 is 17.9 Å². The van der Waals surface area contributed by atoms with E-state index in [0.29, 0.717) is 5.57 Å². The fraction of sp³-hybridized carbons (Fsp3) is 0.583. The molecule has 0 aromatic rings. The van der Waals surface area contributed by atoms with Crippen molar-refractivity contribution in [2.24, 2.45) is 5.10 Å². The molecule has 3 aliphatic rings. The number of allylic oxidation sites excluding steroid dienone is 2. The molecule has 0 saturated carbocycles. The van der Waals surface area contributed by atoms with Crippen LogP contribution in [0, 0.1) is 0 Å². The molecule has 0 spiro atoms. The van der Waals surface area contributed by atoms with Crippen LogP contribution in [0.5, 0.6) is 0 Å². The van der Waals surface area contributed by atoms with Crippen molar-refractivity contribution in [3.63, 3.8) is 0 Å². The topological polar surface area (TPSA) is 28.1 Å². The highest BCUT2D eigenvalue weighted by atomic mass is 35.5. The summed E-state index contributed by atoms with van der Waals surface area (Å²) in [5.41, 5.74) is -0.154. The standard InChI is InChI=1S/C12H12ClF3N2O/c1-6-4-7(12(14,15)16)5-8(13)10(6)18-11-9(19-11)2-3-17-18/h3-5,8-11H,2H2,1H3. The Morgan fingerprint density at radius 2 is 2.21 bits per heavy atom. The number of ether oxygens (including phenoxy) is 1. The minimum Gasteiger partial charge on any atom is -0.346 e. The number of hydrazone groups is 1. The third-order valence-electron chi connectivity index (χ3n) is 3.47. The van der Waals surface area contributed by atoms with Gasteiger partial charge in [-0.25, -0.2) is 0 Å². The molecule has 0 amide bonds. The van der Waals surface area contributed by atoms with Crippen LogP contribution >= 0.6 is 11.6 Å². The molecule has 19 heavy (non-hydrogen) atoms. The quantitative estimate of drug-likeness (QED) is 0.549. The van der Waals surface area contributed by atoms with E-state index in [1.807, 2.05) is 0 Å². The summed E-state index contributed by atoms with van der Waals surface area (Å²) in [5.74, 6) is 0. The predicted octanol–water partition coefficient (Wildman–Crippen LogP) is 2.83. The van der Waals surface area contributed by atoms with Crippen molar-refractivity contribution in [3.05, 3.63) is 23.3 Å². The summed E-state index contributed by atoms with van der Waals surface area (Å²) in [6.07, 6.45) is 0.207. The second-order valence-corrected chi connectivity index (χ2v) is 5.38. The molecule has 0 bridgehead atoms. The minimum absolute atomic E-state index is 0.0992. The lowest BCUT2D eigenvalue weighted by atomic mass is 9.94. The highest BCUT2D eigenvalue weighted by Gasteiger charge is 2.50. The first-order chi connectivity index (χ1) is 8.88. The van der Waals surface area contributed by atoms with E-state index in [1.165, 1.54) is 0 Å². The van der Waals surface area contributed by atoms with Crippen LogP contribution in [0.3, 0.4) is 0 Å². The van der Waals surface area contributed by atoms with Gasteiger partial charge in [0.05, 0.1) is 17.0 Å². The van der Waals surface area contributed by atoms with Gasteiger partial charge in [-0.15, -0.1) is 11.6 Å². The maximum atomic E-state index is 12.7. The lowest BCUT2D eigenvalue weighted by Gasteiger charge is -2.34. The Bertz CT molecular complexity index is 486. The Hall–Kier alpha value is -1.01. The number of fused-ring (bicyclic) bond motifs is 1. The highest BCUT2D eigenvalue weighted by Crippen LogP contribution is 2.40. The van der Waals surface area contributed by atoms with Gasteiger partial charge in [-0.05, 0) is 18.6 Å². The van der Waals surface area contributed by atoms with Gasteiger partial charge < -0.3 is 4.74 Å². The van der Waals surface area contributed by atoms with Gasteiger partial charge in [0.15, 0.2) is 6.23 Å². The van der Waals surface area contributed by atoms with Crippen molar-refractivity contribution >= 4 is 17.8 Å². The minimum atomic E-state index is -4.37. The molecule has 3 rings (SSSR count). The summed E-state index contributed by atoms with van der Waals surface area (Å²) in [6, 6.07) is -0.390. The average Bonchev–Trinajstić information content (AvgIpc) is 3.06. The molecule has 0 aromatic heterocycles. The molecule has 104 valence electrons. The molecule has 4 atom stereocenters. The van der Waals surface area contributed by atoms with E-state index in [0.717, 1.165) is 18.6 Å². The Morgan fingerprint density at radius 3 is 2.84 bits per heavy atom. The fourth-order valence-electron chi connectivity index (χ4n) is 2.50. The van der Waals surface area contributed by atoms with Gasteiger partial charge in [0.25, 0.3) is 0 Å². The molecule has 1 fully saturated rings. The molecule has 0 aromatic carbocycles. The third kappa shape index (κ3) is 2.27. The van der Waals surface area contributed by atoms with Crippen LogP contribution < -0.4 is 0 Å². The first kappa shape index (κ1) is 13.0. The SMILES string of the molecule is CC1=CC(C(F)(F)F)=CC(Cl)C1N1N=CCC2OC21. The zero-order valence-corrected chi connectivity index (χ0v) is 10.8. The van der Waals surface area contributed by atoms with Gasteiger partial charge in [-0.3, -0.25) is 5.01 Å². The van der Waals surface area contributed by atoms with Crippen molar-refractivity contribution in [3.8, 4) is 0 Å². The van der Waals surface area contributed by atoms with E-state index in [-0.39, 0.29) is 18.4 Å². The van der Waals surface area contributed by atoms with Crippen LogP contribution in [0.15, 0.2) is 28.4 Å². The normalized spacial score (nSPS) is 37.6. The highest BCUT2D eigenvalue weighted by molar-refractivity contribution is 6.22. The van der Waals surface area contributed by atoms with E-state index in [2.05, 4.69) is 5.10 Å². The van der Waals surface area contributed by atoms with Crippen LogP contribution in [-0.2, 0) is 4.74 Å². The van der Waals surface area contributed by atoms with Crippen molar-refractivity contribution in [2.75, 3.05) is 0 Å². The maximum Gasteiger partial charge on any atom is 0.416 e. The number of hydrogen-bond donors (Lipinski definition) is 0. The molecule has 1 aliphatic carbocycles. The van der Waals surface area contributed by atoms with E-state index in [1.54, 1.807) is 18.1 Å². The van der Waals surface area contributed by atoms with Crippen LogP contribution in [0.2, 0.25) is 0 Å². The van der Waals surface area contributed by atoms with Gasteiger partial charge in [0, 0.05) is 12.6 Å². The Morgan fingerprint density at radius 1 is 1.47 bits per heavy atom. The average molecular weight is 293 g/mol. The molecule has 2 heterocycles. The smallest absolute Gasteiger partial charge is 0.346 e. The van der Waals surface area contributed by atoms with Crippen molar-refractivity contribution in [1.29, 1.82) is 0 Å². The van der Waals surface area contributed by atoms with Gasteiger partial charge >= 0.3 is 6.18 Å². The van der Waals surface area contributed by atoms with Gasteiger partial charge in [-0.1, -0.05) is 6.08 Å². The van der Waals surface area contributed by atoms with Crippen LogP contribution in [0.25, 0.3) is 0 Å². The summed E-state index contributed by atoms with van der Waals surface area (Å²) in [7, 11) is 0. The summed E-state index contributed by atoms with van der Waals surface area (Å²) in [4.78, 5) is 0. The number of nitrogens with zero attached hydrogens (tertiary/aromatic N) is 2. The number of rotatable bonds is 1. The number of halogens is 4. The van der Waals surface area contributed by atoms with E-state index < -0.39 is 17.1 Å². The molecule has 7 heteroatoms. The second-order valence-electron chi connectivity index (χ2n) is 4.88. The van der Waals surface area contributed by atoms with Crippen molar-refractivity contribution in [1.82, 2.24) is 5.01 Å². The molecular weight excluding hydrogens is 281 g/mol. The molecule has 2 aliphatic heterocycles. The van der Waals surface area contributed by atoms with E-state index in [9.17, 15) is 13.2 Å². The second kappa shape index (κ2) is 4.24. The predicted molar refractivity (Wildman–Crippen MR) is 64.9 cm³/mol. The summed E-state index contributed by atoms with van der Waals surface area (Å²) < 4.78 is 43.5. The molecule has 4 unspecified atom stereocenters. The van der Waals surface area contributed by atoms with Crippen LogP contribution in [0.4, 0.5) is 13.2 Å². The number of alkyl halides is 4. The van der Waals surface area contributed by atoms with Gasteiger partial charge in [0.1, 0.15) is 6.10 Å². The Balaban J connectivity index is 1.86. The summed E-state index contributed by atoms with van der Waals surface area (Å²) in [6.45, 7) is 1.64. The summed E-state index contributed by atoms with van der Waals surface area (Å²) in [5, 5.41) is 5.10. The zero-order chi connectivity index (χ0) is 13.8. The van der Waals surface area contributed by atoms with Crippen molar-refractivity contribution in [2.45, 2.75) is 43.3 Å². The maximum absolute atomic E-state index is 12.7. The first-order valence-corrected chi connectivity index (χ1v) is 6.39. The monoisotopic (exact) mass is 292 g/mol. The Kier molecular flexibility index (Phi) is 2.90. The molecule has 0 N–H and O–H groups in total. The Labute approximate surface area is 113 Å². The number of hydrogen-bond acceptors (Lipinski definition) is 3. The fourth-order valence-corrected chi connectivity index (χ4v) is 2.95. The van der Waals surface area contributed by atoms with Crippen LogP contribution in [-0.4, -0.2) is 41.2 Å². The lowest BCUT2D eigenvalue weighted by Crippen LogP contribution is -2.44. The van der Waals surface area contributed by atoms with Crippen LogP contribution in [0.1, 0.15) is 13.3 Å². The van der Waals surface area contributed by atoms with Gasteiger partial charge in [-0.2, -0.15) is 18.3 Å². The zero-order valence-electron chi connectivity index (χ0n) is 10.1. The number of epoxide rings is 1. The third-order valence-corrected chi connectivity index (χ3v) is 3.84. The molecule has 3 nitrogen and oxygen atoms in total. The molecule has 1 saturated heterocycles. The molecule has 0 radical (unpaired) electrons. The van der Waals surface area contributed by atoms with E-state index in [4.69, 9.17) is 16.3 Å². The largest absolute Gasteiger partial charge is 0.416 e. The van der Waals surface area contributed by atoms with E-state index >= 15 is 0 Å². The lowest BCUT2D eigenvalue weighted by molar-refractivity contribution is -0.0889. The van der Waals surface area contributed by atoms with Gasteiger partial charge in [0.2, 0.25) is 0 Å². The molecular formula is C12H12ClF3N2O.